The topological polar surface area (TPSA) is 84.6 Å². The van der Waals surface area contributed by atoms with Gasteiger partial charge in [0.25, 0.3) is 5.56 Å². The third-order valence-electron chi connectivity index (χ3n) is 9.55. The number of alkyl halides is 1. The summed E-state index contributed by atoms with van der Waals surface area (Å²) in [5, 5.41) is 9.52. The number of halogens is 1. The molecule has 4 aromatic heterocycles. The molecule has 1 aliphatic heterocycles. The number of H-pyrrole nitrogens is 1. The summed E-state index contributed by atoms with van der Waals surface area (Å²) < 4.78 is 18.2. The number of hydrogen-bond donors (Lipinski definition) is 1. The van der Waals surface area contributed by atoms with Gasteiger partial charge in [-0.1, -0.05) is 20.8 Å². The Morgan fingerprint density at radius 1 is 1.17 bits per heavy atom. The van der Waals surface area contributed by atoms with Crippen molar-refractivity contribution in [3.63, 3.8) is 0 Å². The number of likely N-dealkylation sites (tertiary alicyclic amines) is 1. The molecule has 0 amide bonds. The monoisotopic (exact) mass is 557 g/mol. The lowest BCUT2D eigenvalue weighted by molar-refractivity contribution is 0.114. The van der Waals surface area contributed by atoms with Gasteiger partial charge in [-0.15, -0.1) is 10.2 Å². The van der Waals surface area contributed by atoms with E-state index in [1.807, 2.05) is 23.9 Å². The number of hydrogen-bond acceptors (Lipinski definition) is 5. The highest BCUT2D eigenvalue weighted by Crippen LogP contribution is 2.51. The summed E-state index contributed by atoms with van der Waals surface area (Å²) >= 11 is 0. The van der Waals surface area contributed by atoms with Crippen LogP contribution in [0.3, 0.4) is 0 Å². The van der Waals surface area contributed by atoms with Crippen LogP contribution >= 0.6 is 0 Å². The zero-order valence-electron chi connectivity index (χ0n) is 24.5. The number of rotatable bonds is 7. The van der Waals surface area contributed by atoms with E-state index in [0.717, 1.165) is 66.2 Å². The average molecular weight is 558 g/mol. The van der Waals surface area contributed by atoms with Crippen molar-refractivity contribution in [2.45, 2.75) is 89.3 Å². The summed E-state index contributed by atoms with van der Waals surface area (Å²) in [6.07, 6.45) is 8.14. The molecule has 3 aliphatic rings. The van der Waals surface area contributed by atoms with Gasteiger partial charge < -0.3 is 9.55 Å². The molecule has 0 unspecified atom stereocenters. The van der Waals surface area contributed by atoms with E-state index in [1.54, 1.807) is 10.9 Å². The van der Waals surface area contributed by atoms with Crippen molar-refractivity contribution in [3.8, 4) is 5.82 Å². The number of nitrogens with one attached hydrogen (secondary N) is 1. The summed E-state index contributed by atoms with van der Waals surface area (Å²) in [7, 11) is 1.91. The fraction of sp³-hybridized carbons (Fsp3) is 0.562. The van der Waals surface area contributed by atoms with Crippen molar-refractivity contribution >= 4 is 10.9 Å². The predicted octanol–water partition coefficient (Wildman–Crippen LogP) is 5.49. The van der Waals surface area contributed by atoms with E-state index in [-0.39, 0.29) is 11.5 Å². The van der Waals surface area contributed by atoms with Crippen molar-refractivity contribution in [1.82, 2.24) is 34.2 Å². The molecule has 9 heteroatoms. The van der Waals surface area contributed by atoms with Gasteiger partial charge >= 0.3 is 0 Å². The van der Waals surface area contributed by atoms with Crippen LogP contribution in [0.15, 0.2) is 35.5 Å². The van der Waals surface area contributed by atoms with Gasteiger partial charge in [0, 0.05) is 49.0 Å². The van der Waals surface area contributed by atoms with Crippen LogP contribution in [0.1, 0.15) is 99.5 Å². The first-order valence-corrected chi connectivity index (χ1v) is 15.2. The summed E-state index contributed by atoms with van der Waals surface area (Å²) in [6, 6.07) is 6.29. The maximum Gasteiger partial charge on any atom is 0.280 e. The third kappa shape index (κ3) is 4.62. The number of pyridine rings is 2. The molecular weight excluding hydrogens is 517 g/mol. The highest BCUT2D eigenvalue weighted by molar-refractivity contribution is 5.84. The molecule has 1 saturated heterocycles. The third-order valence-corrected chi connectivity index (χ3v) is 9.55. The molecular formula is C32H40FN7O. The smallest absolute Gasteiger partial charge is 0.280 e. The van der Waals surface area contributed by atoms with E-state index in [0.29, 0.717) is 36.0 Å². The van der Waals surface area contributed by atoms with Crippen LogP contribution in [0.5, 0.6) is 0 Å². The van der Waals surface area contributed by atoms with E-state index in [4.69, 9.17) is 4.98 Å². The Balaban J connectivity index is 1.36. The highest BCUT2D eigenvalue weighted by atomic mass is 19.1. The molecule has 2 saturated carbocycles. The molecule has 41 heavy (non-hydrogen) atoms. The summed E-state index contributed by atoms with van der Waals surface area (Å²) in [4.78, 5) is 25.2. The second-order valence-electron chi connectivity index (χ2n) is 13.2. The van der Waals surface area contributed by atoms with Gasteiger partial charge in [-0.05, 0) is 86.2 Å². The van der Waals surface area contributed by atoms with E-state index in [9.17, 15) is 9.18 Å². The van der Waals surface area contributed by atoms with Crippen LogP contribution < -0.4 is 5.56 Å². The number of aromatic nitrogens is 6. The molecule has 1 N–H and O–H groups in total. The number of aryl methyl sites for hydroxylation is 1. The largest absolute Gasteiger partial charge is 0.353 e. The van der Waals surface area contributed by atoms with Crippen LogP contribution in [0.2, 0.25) is 0 Å². The molecule has 2 aliphatic carbocycles. The van der Waals surface area contributed by atoms with E-state index < -0.39 is 11.6 Å². The van der Waals surface area contributed by atoms with Gasteiger partial charge in [-0.3, -0.25) is 14.3 Å². The Kier molecular flexibility index (Phi) is 6.41. The number of aromatic amines is 1. The summed E-state index contributed by atoms with van der Waals surface area (Å²) in [5.74, 6) is 2.65. The van der Waals surface area contributed by atoms with Crippen LogP contribution in [0, 0.1) is 5.92 Å². The molecule has 0 aromatic carbocycles. The Hall–Kier alpha value is -3.33. The highest BCUT2D eigenvalue weighted by Gasteiger charge is 2.51. The first-order chi connectivity index (χ1) is 19.7. The lowest BCUT2D eigenvalue weighted by atomic mass is 9.62. The van der Waals surface area contributed by atoms with Gasteiger partial charge in [-0.2, -0.15) is 0 Å². The van der Waals surface area contributed by atoms with Crippen molar-refractivity contribution in [1.29, 1.82) is 0 Å². The molecule has 1 atom stereocenters. The summed E-state index contributed by atoms with van der Waals surface area (Å²) in [5.41, 5.74) is 4.10. The van der Waals surface area contributed by atoms with Crippen molar-refractivity contribution in [3.05, 3.63) is 69.4 Å². The lowest BCUT2D eigenvalue weighted by Gasteiger charge is -2.43. The molecule has 0 bridgehead atoms. The first kappa shape index (κ1) is 26.6. The quantitative estimate of drug-likeness (QED) is 0.325. The zero-order valence-corrected chi connectivity index (χ0v) is 24.5. The Morgan fingerprint density at radius 3 is 2.63 bits per heavy atom. The second kappa shape index (κ2) is 9.89. The number of fused-ring (bicyclic) bond motifs is 1. The molecule has 4 aromatic rings. The van der Waals surface area contributed by atoms with Crippen LogP contribution in [-0.2, 0) is 19.0 Å². The molecule has 7 rings (SSSR count). The van der Waals surface area contributed by atoms with E-state index in [2.05, 4.69) is 53.0 Å². The maximum absolute atomic E-state index is 14.6. The minimum Gasteiger partial charge on any atom is -0.353 e. The Bertz CT molecular complexity index is 1660. The van der Waals surface area contributed by atoms with Crippen LogP contribution in [0.4, 0.5) is 4.39 Å². The van der Waals surface area contributed by atoms with Gasteiger partial charge in [0.05, 0.1) is 5.41 Å². The van der Waals surface area contributed by atoms with Gasteiger partial charge in [0.1, 0.15) is 29.7 Å². The minimum atomic E-state index is -0.889. The van der Waals surface area contributed by atoms with E-state index in [1.165, 1.54) is 12.8 Å². The molecule has 216 valence electrons. The zero-order chi connectivity index (χ0) is 28.5. The SMILES string of the molecule is CC(C)c1cn(-c2cc(C3(c4nncn4C)CC(F)C3)cc(C3CC3)n2)c(=O)c2[nH]c(CN3CCC[C@H](C)C3)cc12. The number of piperidine rings is 1. The molecule has 3 fully saturated rings. The maximum atomic E-state index is 14.6. The van der Waals surface area contributed by atoms with E-state index >= 15 is 0 Å². The van der Waals surface area contributed by atoms with Crippen molar-refractivity contribution in [2.75, 3.05) is 13.1 Å². The fourth-order valence-corrected chi connectivity index (χ4v) is 7.17. The van der Waals surface area contributed by atoms with Crippen molar-refractivity contribution < 1.29 is 4.39 Å². The predicted molar refractivity (Wildman–Crippen MR) is 157 cm³/mol. The van der Waals surface area contributed by atoms with Gasteiger partial charge in [-0.25, -0.2) is 9.37 Å². The molecule has 0 spiro atoms. The molecule has 0 radical (unpaired) electrons. The van der Waals surface area contributed by atoms with Crippen LogP contribution in [-0.4, -0.2) is 53.5 Å². The lowest BCUT2D eigenvalue weighted by Crippen LogP contribution is -2.45. The Morgan fingerprint density at radius 2 is 1.98 bits per heavy atom. The first-order valence-electron chi connectivity index (χ1n) is 15.2. The number of nitrogens with zero attached hydrogens (tertiary/aromatic N) is 6. The van der Waals surface area contributed by atoms with Gasteiger partial charge in [0.2, 0.25) is 0 Å². The molecule has 8 nitrogen and oxygen atoms in total. The molecule has 5 heterocycles. The average Bonchev–Trinajstić information content (AvgIpc) is 3.56. The van der Waals surface area contributed by atoms with Crippen LogP contribution in [0.25, 0.3) is 16.7 Å². The standard InChI is InChI=1S/C32H40FN7O/c1-19(2)26-17-40(30(41)29-25(26)12-24(35-29)16-39-9-5-6-20(3)15-39)28-11-22(10-27(36-28)21-7-8-21)32(13-23(33)14-32)31-37-34-18-38(31)4/h10-12,17-21,23,35H,5-9,13-16H2,1-4H3/t20-,23?,32?/m0/s1. The van der Waals surface area contributed by atoms with Gasteiger partial charge in [0.15, 0.2) is 0 Å². The second-order valence-corrected chi connectivity index (χ2v) is 13.2. The Labute approximate surface area is 240 Å². The fourth-order valence-electron chi connectivity index (χ4n) is 7.17. The summed E-state index contributed by atoms with van der Waals surface area (Å²) in [6.45, 7) is 9.65. The van der Waals surface area contributed by atoms with Crippen molar-refractivity contribution in [2.24, 2.45) is 13.0 Å². The minimum absolute atomic E-state index is 0.0984. The normalized spacial score (nSPS) is 25.2.